The van der Waals surface area contributed by atoms with Gasteiger partial charge >= 0.3 is 0 Å². The van der Waals surface area contributed by atoms with E-state index >= 15 is 0 Å². The number of nitrogens with zero attached hydrogens (tertiary/aromatic N) is 1. The molecule has 1 N–H and O–H groups in total. The minimum atomic E-state index is 0.511. The molecule has 2 aliphatic rings. The van der Waals surface area contributed by atoms with Gasteiger partial charge in [0, 0.05) is 32.8 Å². The van der Waals surface area contributed by atoms with E-state index in [2.05, 4.69) is 17.1 Å². The molecule has 0 bridgehead atoms. The first-order valence-electron chi connectivity index (χ1n) is 8.32. The van der Waals surface area contributed by atoms with Crippen LogP contribution in [0.3, 0.4) is 0 Å². The van der Waals surface area contributed by atoms with Crippen molar-refractivity contribution in [2.75, 3.05) is 33.3 Å². The normalized spacial score (nSPS) is 30.6. The zero-order chi connectivity index (χ0) is 13.5. The van der Waals surface area contributed by atoms with Crippen LogP contribution in [0.4, 0.5) is 0 Å². The molecule has 1 heterocycles. The molecule has 0 radical (unpaired) electrons. The fourth-order valence-corrected chi connectivity index (χ4v) is 3.68. The molecule has 0 aromatic rings. The van der Waals surface area contributed by atoms with Crippen molar-refractivity contribution < 1.29 is 4.74 Å². The monoisotopic (exact) mass is 268 g/mol. The highest BCUT2D eigenvalue weighted by atomic mass is 16.5. The quantitative estimate of drug-likeness (QED) is 0.801. The zero-order valence-corrected chi connectivity index (χ0v) is 12.9. The standard InChI is InChI=1S/C16H32N2O/c1-3-10-17-16-7-5-4-6-14(16)13-18-11-8-15(19-2)9-12-18/h14-17H,3-13H2,1-2H3. The maximum absolute atomic E-state index is 5.46. The van der Waals surface area contributed by atoms with E-state index in [1.165, 1.54) is 71.1 Å². The van der Waals surface area contributed by atoms with E-state index in [-0.39, 0.29) is 0 Å². The molecule has 3 heteroatoms. The Morgan fingerprint density at radius 3 is 2.53 bits per heavy atom. The van der Waals surface area contributed by atoms with Gasteiger partial charge < -0.3 is 15.0 Å². The van der Waals surface area contributed by atoms with Crippen LogP contribution in [0.15, 0.2) is 0 Å². The lowest BCUT2D eigenvalue weighted by atomic mass is 9.83. The molecule has 0 spiro atoms. The fourth-order valence-electron chi connectivity index (χ4n) is 3.68. The molecule has 1 saturated heterocycles. The van der Waals surface area contributed by atoms with Crippen LogP contribution in [0.1, 0.15) is 51.9 Å². The van der Waals surface area contributed by atoms with Crippen LogP contribution in [-0.2, 0) is 4.74 Å². The Bertz CT molecular complexity index is 239. The molecule has 0 amide bonds. The highest BCUT2D eigenvalue weighted by Crippen LogP contribution is 2.26. The van der Waals surface area contributed by atoms with Gasteiger partial charge in [-0.1, -0.05) is 19.8 Å². The van der Waals surface area contributed by atoms with Crippen molar-refractivity contribution in [1.29, 1.82) is 0 Å². The van der Waals surface area contributed by atoms with Gasteiger partial charge in [0.2, 0.25) is 0 Å². The summed E-state index contributed by atoms with van der Waals surface area (Å²) >= 11 is 0. The molecule has 1 aliphatic carbocycles. The Balaban J connectivity index is 1.76. The third kappa shape index (κ3) is 4.73. The lowest BCUT2D eigenvalue weighted by molar-refractivity contribution is 0.0322. The van der Waals surface area contributed by atoms with E-state index in [9.17, 15) is 0 Å². The Kier molecular flexibility index (Phi) is 6.62. The summed E-state index contributed by atoms with van der Waals surface area (Å²) in [6, 6.07) is 0.772. The minimum absolute atomic E-state index is 0.511. The third-order valence-corrected chi connectivity index (χ3v) is 4.93. The van der Waals surface area contributed by atoms with Crippen LogP contribution in [0.5, 0.6) is 0 Å². The summed E-state index contributed by atoms with van der Waals surface area (Å²) in [5.41, 5.74) is 0. The SMILES string of the molecule is CCCNC1CCCCC1CN1CCC(OC)CC1. The maximum Gasteiger partial charge on any atom is 0.0595 e. The number of piperidine rings is 1. The smallest absolute Gasteiger partial charge is 0.0595 e. The molecule has 0 aromatic carbocycles. The molecule has 3 nitrogen and oxygen atoms in total. The van der Waals surface area contributed by atoms with Crippen LogP contribution in [0.2, 0.25) is 0 Å². The molecular formula is C16H32N2O. The number of nitrogens with one attached hydrogen (secondary N) is 1. The van der Waals surface area contributed by atoms with Gasteiger partial charge in [-0.25, -0.2) is 0 Å². The van der Waals surface area contributed by atoms with E-state index in [1.807, 2.05) is 7.11 Å². The summed E-state index contributed by atoms with van der Waals surface area (Å²) in [5, 5.41) is 3.78. The number of hydrogen-bond donors (Lipinski definition) is 1. The van der Waals surface area contributed by atoms with Crippen molar-refractivity contribution in [1.82, 2.24) is 10.2 Å². The van der Waals surface area contributed by atoms with Gasteiger partial charge in [0.1, 0.15) is 0 Å². The zero-order valence-electron chi connectivity index (χ0n) is 12.9. The van der Waals surface area contributed by atoms with Gasteiger partial charge in [0.15, 0.2) is 0 Å². The molecule has 19 heavy (non-hydrogen) atoms. The van der Waals surface area contributed by atoms with Gasteiger partial charge in [0.05, 0.1) is 6.10 Å². The minimum Gasteiger partial charge on any atom is -0.381 e. The van der Waals surface area contributed by atoms with E-state index in [1.54, 1.807) is 0 Å². The summed E-state index contributed by atoms with van der Waals surface area (Å²) < 4.78 is 5.46. The predicted molar refractivity (Wildman–Crippen MR) is 80.5 cm³/mol. The van der Waals surface area contributed by atoms with Crippen molar-refractivity contribution in [3.63, 3.8) is 0 Å². The van der Waals surface area contributed by atoms with E-state index in [0.717, 1.165) is 12.0 Å². The number of likely N-dealkylation sites (tertiary alicyclic amines) is 1. The van der Waals surface area contributed by atoms with Gasteiger partial charge in [0.25, 0.3) is 0 Å². The predicted octanol–water partition coefficient (Wildman–Crippen LogP) is 2.66. The Hall–Kier alpha value is -0.120. The Labute approximate surface area is 119 Å². The Morgan fingerprint density at radius 2 is 1.84 bits per heavy atom. The van der Waals surface area contributed by atoms with Crippen molar-refractivity contribution in [3.05, 3.63) is 0 Å². The molecule has 2 fully saturated rings. The molecule has 2 atom stereocenters. The topological polar surface area (TPSA) is 24.5 Å². The number of ether oxygens (including phenoxy) is 1. The summed E-state index contributed by atoms with van der Waals surface area (Å²) in [5.74, 6) is 0.874. The van der Waals surface area contributed by atoms with Crippen LogP contribution in [0, 0.1) is 5.92 Å². The van der Waals surface area contributed by atoms with Crippen LogP contribution in [0.25, 0.3) is 0 Å². The average molecular weight is 268 g/mol. The summed E-state index contributed by atoms with van der Waals surface area (Å²) in [4.78, 5) is 2.67. The lowest BCUT2D eigenvalue weighted by Crippen LogP contribution is -2.46. The highest BCUT2D eigenvalue weighted by Gasteiger charge is 2.28. The molecule has 0 aromatic heterocycles. The van der Waals surface area contributed by atoms with E-state index in [4.69, 9.17) is 4.74 Å². The lowest BCUT2D eigenvalue weighted by Gasteiger charge is -2.38. The van der Waals surface area contributed by atoms with Gasteiger partial charge in [-0.2, -0.15) is 0 Å². The first-order valence-corrected chi connectivity index (χ1v) is 8.32. The summed E-state index contributed by atoms with van der Waals surface area (Å²) in [6.45, 7) is 7.22. The maximum atomic E-state index is 5.46. The van der Waals surface area contributed by atoms with Crippen LogP contribution < -0.4 is 5.32 Å². The second kappa shape index (κ2) is 8.23. The van der Waals surface area contributed by atoms with Gasteiger partial charge in [-0.05, 0) is 44.6 Å². The molecule has 2 rings (SSSR count). The molecule has 1 aliphatic heterocycles. The van der Waals surface area contributed by atoms with Crippen LogP contribution >= 0.6 is 0 Å². The van der Waals surface area contributed by atoms with E-state index < -0.39 is 0 Å². The first-order chi connectivity index (χ1) is 9.33. The third-order valence-electron chi connectivity index (χ3n) is 4.93. The largest absolute Gasteiger partial charge is 0.381 e. The number of rotatable bonds is 6. The molecule has 2 unspecified atom stereocenters. The van der Waals surface area contributed by atoms with Crippen LogP contribution in [-0.4, -0.2) is 50.3 Å². The number of hydrogen-bond acceptors (Lipinski definition) is 3. The molecular weight excluding hydrogens is 236 g/mol. The van der Waals surface area contributed by atoms with Crippen molar-refractivity contribution in [2.24, 2.45) is 5.92 Å². The highest BCUT2D eigenvalue weighted by molar-refractivity contribution is 4.84. The average Bonchev–Trinajstić information content (AvgIpc) is 2.47. The van der Waals surface area contributed by atoms with Gasteiger partial charge in [-0.3, -0.25) is 0 Å². The fraction of sp³-hybridized carbons (Fsp3) is 1.00. The summed E-state index contributed by atoms with van der Waals surface area (Å²) in [6.07, 6.45) is 9.86. The Morgan fingerprint density at radius 1 is 1.11 bits per heavy atom. The summed E-state index contributed by atoms with van der Waals surface area (Å²) in [7, 11) is 1.85. The van der Waals surface area contributed by atoms with Crippen molar-refractivity contribution in [2.45, 2.75) is 64.0 Å². The number of methoxy groups -OCH3 is 1. The van der Waals surface area contributed by atoms with Crippen molar-refractivity contribution in [3.8, 4) is 0 Å². The van der Waals surface area contributed by atoms with E-state index in [0.29, 0.717) is 6.10 Å². The molecule has 1 saturated carbocycles. The molecule has 112 valence electrons. The van der Waals surface area contributed by atoms with Gasteiger partial charge in [-0.15, -0.1) is 0 Å². The first kappa shape index (κ1) is 15.3. The second-order valence-corrected chi connectivity index (χ2v) is 6.34. The van der Waals surface area contributed by atoms with Crippen molar-refractivity contribution >= 4 is 0 Å². The second-order valence-electron chi connectivity index (χ2n) is 6.34.